The first-order valence-electron chi connectivity index (χ1n) is 6.02. The second-order valence-corrected chi connectivity index (χ2v) is 6.29. The predicted octanol–water partition coefficient (Wildman–Crippen LogP) is 3.91. The van der Waals surface area contributed by atoms with E-state index in [4.69, 9.17) is 28.9 Å². The third-order valence-electron chi connectivity index (χ3n) is 2.69. The van der Waals surface area contributed by atoms with E-state index in [1.54, 1.807) is 0 Å². The maximum atomic E-state index is 12.2. The molecule has 0 radical (unpaired) electrons. The molecule has 1 amide bonds. The molecule has 1 aromatic rings. The maximum absolute atomic E-state index is 12.2. The molecule has 0 spiro atoms. The minimum atomic E-state index is -3.05. The van der Waals surface area contributed by atoms with Crippen molar-refractivity contribution in [3.05, 3.63) is 22.2 Å². The van der Waals surface area contributed by atoms with Crippen molar-refractivity contribution in [3.63, 3.8) is 0 Å². The van der Waals surface area contributed by atoms with Crippen molar-refractivity contribution >= 4 is 34.8 Å². The van der Waals surface area contributed by atoms with E-state index in [-0.39, 0.29) is 21.5 Å². The molecule has 1 aromatic carbocycles. The van der Waals surface area contributed by atoms with E-state index >= 15 is 0 Å². The van der Waals surface area contributed by atoms with Crippen LogP contribution in [-0.4, -0.2) is 18.6 Å². The van der Waals surface area contributed by atoms with E-state index in [1.807, 2.05) is 20.8 Å². The Morgan fingerprint density at radius 2 is 1.76 bits per heavy atom. The van der Waals surface area contributed by atoms with Crippen molar-refractivity contribution in [2.75, 3.05) is 5.32 Å². The lowest BCUT2D eigenvalue weighted by Crippen LogP contribution is -2.45. The predicted molar refractivity (Wildman–Crippen MR) is 79.2 cm³/mol. The Balaban J connectivity index is 2.94. The topological polar surface area (TPSA) is 64.4 Å². The van der Waals surface area contributed by atoms with E-state index in [0.717, 1.165) is 0 Å². The quantitative estimate of drug-likeness (QED) is 0.873. The summed E-state index contributed by atoms with van der Waals surface area (Å²) in [6.07, 6.45) is 0. The number of hydrogen-bond acceptors (Lipinski definition) is 3. The van der Waals surface area contributed by atoms with Gasteiger partial charge in [0.25, 0.3) is 0 Å². The summed E-state index contributed by atoms with van der Waals surface area (Å²) >= 11 is 11.6. The highest BCUT2D eigenvalue weighted by Crippen LogP contribution is 2.37. The van der Waals surface area contributed by atoms with Crippen molar-refractivity contribution in [2.45, 2.75) is 33.4 Å². The van der Waals surface area contributed by atoms with Crippen LogP contribution in [0, 0.1) is 5.41 Å². The van der Waals surface area contributed by atoms with Gasteiger partial charge in [0.05, 0.1) is 16.1 Å². The molecule has 0 unspecified atom stereocenters. The average Bonchev–Trinajstić information content (AvgIpc) is 2.31. The highest BCUT2D eigenvalue weighted by molar-refractivity contribution is 6.37. The lowest BCUT2D eigenvalue weighted by atomic mass is 9.87. The SMILES string of the molecule is CC(C)(C)[C@H](N)C(=O)Nc1cc(Cl)c(OC(F)F)c(Cl)c1. The first-order valence-corrected chi connectivity index (χ1v) is 6.78. The lowest BCUT2D eigenvalue weighted by molar-refractivity contribution is -0.119. The summed E-state index contributed by atoms with van der Waals surface area (Å²) in [5.74, 6) is -0.774. The van der Waals surface area contributed by atoms with Crippen LogP contribution in [0.2, 0.25) is 10.0 Å². The Labute approximate surface area is 131 Å². The number of alkyl halides is 2. The van der Waals surface area contributed by atoms with Crippen molar-refractivity contribution < 1.29 is 18.3 Å². The molecule has 0 aromatic heterocycles. The fourth-order valence-corrected chi connectivity index (χ4v) is 2.02. The Bertz CT molecular complexity index is 510. The van der Waals surface area contributed by atoms with Gasteiger partial charge in [-0.05, 0) is 17.5 Å². The van der Waals surface area contributed by atoms with Crippen molar-refractivity contribution in [1.29, 1.82) is 0 Å². The number of ether oxygens (including phenoxy) is 1. The Kier molecular flexibility index (Phi) is 5.78. The fourth-order valence-electron chi connectivity index (χ4n) is 1.45. The summed E-state index contributed by atoms with van der Waals surface area (Å²) in [5.41, 5.74) is 5.62. The lowest BCUT2D eigenvalue weighted by Gasteiger charge is -2.26. The zero-order valence-corrected chi connectivity index (χ0v) is 13.2. The van der Waals surface area contributed by atoms with Crippen LogP contribution in [0.25, 0.3) is 0 Å². The minimum Gasteiger partial charge on any atom is -0.432 e. The van der Waals surface area contributed by atoms with Crippen LogP contribution in [-0.2, 0) is 4.79 Å². The van der Waals surface area contributed by atoms with Crippen LogP contribution in [0.3, 0.4) is 0 Å². The van der Waals surface area contributed by atoms with Crippen LogP contribution >= 0.6 is 23.2 Å². The molecular weight excluding hydrogens is 325 g/mol. The summed E-state index contributed by atoms with van der Waals surface area (Å²) in [7, 11) is 0. The largest absolute Gasteiger partial charge is 0.432 e. The molecule has 0 aliphatic carbocycles. The molecule has 0 aliphatic rings. The molecule has 4 nitrogen and oxygen atoms in total. The molecule has 0 aliphatic heterocycles. The van der Waals surface area contributed by atoms with Crippen LogP contribution in [0.4, 0.5) is 14.5 Å². The number of anilines is 1. The Morgan fingerprint density at radius 3 is 2.14 bits per heavy atom. The van der Waals surface area contributed by atoms with Crippen molar-refractivity contribution in [2.24, 2.45) is 11.1 Å². The van der Waals surface area contributed by atoms with Gasteiger partial charge in [0.1, 0.15) is 0 Å². The van der Waals surface area contributed by atoms with Gasteiger partial charge in [0, 0.05) is 5.69 Å². The standard InChI is InChI=1S/C13H16Cl2F2N2O2/c1-13(2,3)10(18)11(20)19-6-4-7(14)9(8(15)5-6)21-12(16)17/h4-5,10,12H,18H2,1-3H3,(H,19,20)/t10-/m1/s1. The first-order chi connectivity index (χ1) is 9.52. The van der Waals surface area contributed by atoms with Crippen molar-refractivity contribution in [1.82, 2.24) is 0 Å². The smallest absolute Gasteiger partial charge is 0.387 e. The van der Waals surface area contributed by atoms with Gasteiger partial charge in [-0.1, -0.05) is 44.0 Å². The number of amides is 1. The van der Waals surface area contributed by atoms with Gasteiger partial charge >= 0.3 is 6.61 Å². The average molecular weight is 341 g/mol. The van der Waals surface area contributed by atoms with Gasteiger partial charge < -0.3 is 15.8 Å². The highest BCUT2D eigenvalue weighted by atomic mass is 35.5. The molecule has 8 heteroatoms. The van der Waals surface area contributed by atoms with E-state index in [9.17, 15) is 13.6 Å². The molecule has 0 fully saturated rings. The number of benzene rings is 1. The minimum absolute atomic E-state index is 0.137. The highest BCUT2D eigenvalue weighted by Gasteiger charge is 2.27. The second-order valence-electron chi connectivity index (χ2n) is 5.48. The van der Waals surface area contributed by atoms with Crippen LogP contribution in [0.15, 0.2) is 12.1 Å². The number of carbonyl (C=O) groups is 1. The molecule has 0 saturated carbocycles. The summed E-state index contributed by atoms with van der Waals surface area (Å²) in [4.78, 5) is 12.0. The fraction of sp³-hybridized carbons (Fsp3) is 0.462. The number of hydrogen-bond donors (Lipinski definition) is 2. The molecule has 3 N–H and O–H groups in total. The van der Waals surface area contributed by atoms with Crippen molar-refractivity contribution in [3.8, 4) is 5.75 Å². The van der Waals surface area contributed by atoms with Gasteiger partial charge in [-0.25, -0.2) is 0 Å². The number of halogens is 4. The Morgan fingerprint density at radius 1 is 1.29 bits per heavy atom. The van der Waals surface area contributed by atoms with Crippen LogP contribution < -0.4 is 15.8 Å². The van der Waals surface area contributed by atoms with Gasteiger partial charge in [-0.15, -0.1) is 0 Å². The molecule has 0 saturated heterocycles. The summed E-state index contributed by atoms with van der Waals surface area (Å²) in [6, 6.07) is 1.77. The molecule has 0 bridgehead atoms. The molecular formula is C13H16Cl2F2N2O2. The molecule has 1 atom stereocenters. The van der Waals surface area contributed by atoms with Crippen LogP contribution in [0.5, 0.6) is 5.75 Å². The molecule has 1 rings (SSSR count). The van der Waals surface area contributed by atoms with E-state index in [2.05, 4.69) is 10.1 Å². The maximum Gasteiger partial charge on any atom is 0.387 e. The third-order valence-corrected chi connectivity index (χ3v) is 3.25. The van der Waals surface area contributed by atoms with Gasteiger partial charge in [0.2, 0.25) is 5.91 Å². The summed E-state index contributed by atoms with van der Waals surface area (Å²) in [6.45, 7) is 2.40. The monoisotopic (exact) mass is 340 g/mol. The second kappa shape index (κ2) is 6.77. The number of rotatable bonds is 4. The number of nitrogens with one attached hydrogen (secondary N) is 1. The molecule has 118 valence electrons. The van der Waals surface area contributed by atoms with Gasteiger partial charge in [-0.3, -0.25) is 4.79 Å². The zero-order chi connectivity index (χ0) is 16.4. The molecule has 21 heavy (non-hydrogen) atoms. The van der Waals surface area contributed by atoms with E-state index in [1.165, 1.54) is 12.1 Å². The summed E-state index contributed by atoms with van der Waals surface area (Å²) < 4.78 is 28.6. The first kappa shape index (κ1) is 17.9. The third kappa shape index (κ3) is 4.98. The Hall–Kier alpha value is -1.11. The summed E-state index contributed by atoms with van der Waals surface area (Å²) in [5, 5.41) is 2.26. The van der Waals surface area contributed by atoms with Crippen LogP contribution in [0.1, 0.15) is 20.8 Å². The number of nitrogens with two attached hydrogens (primary N) is 1. The van der Waals surface area contributed by atoms with E-state index in [0.29, 0.717) is 0 Å². The van der Waals surface area contributed by atoms with Gasteiger partial charge in [-0.2, -0.15) is 8.78 Å². The normalized spacial score (nSPS) is 13.2. The number of carbonyl (C=O) groups excluding carboxylic acids is 1. The molecule has 0 heterocycles. The van der Waals surface area contributed by atoms with Gasteiger partial charge in [0.15, 0.2) is 5.75 Å². The zero-order valence-electron chi connectivity index (χ0n) is 11.7. The van der Waals surface area contributed by atoms with E-state index < -0.39 is 24.0 Å².